The molecule has 0 aliphatic heterocycles. The Morgan fingerprint density at radius 3 is 2.07 bits per heavy atom. The van der Waals surface area contributed by atoms with Gasteiger partial charge in [-0.3, -0.25) is 19.2 Å². The van der Waals surface area contributed by atoms with Gasteiger partial charge in [-0.1, -0.05) is 0 Å². The first-order chi connectivity index (χ1) is 14.3. The number of carbonyl (C=O) groups excluding carboxylic acids is 3. The summed E-state index contributed by atoms with van der Waals surface area (Å²) in [5.41, 5.74) is -0.329. The summed E-state index contributed by atoms with van der Waals surface area (Å²) in [6.45, 7) is 2.04. The van der Waals surface area contributed by atoms with E-state index in [1.807, 2.05) is 0 Å². The number of carbonyl (C=O) groups is 4. The smallest absolute Gasteiger partial charge is 0.305 e. The van der Waals surface area contributed by atoms with Crippen molar-refractivity contribution < 1.29 is 24.3 Å². The fourth-order valence-corrected chi connectivity index (χ4v) is 6.12. The molecular weight excluding hydrogens is 386 g/mol. The lowest BCUT2D eigenvalue weighted by Crippen LogP contribution is -2.57. The van der Waals surface area contributed by atoms with E-state index in [0.717, 1.165) is 19.3 Å². The third-order valence-electron chi connectivity index (χ3n) is 7.07. The molecule has 0 aromatic rings. The van der Waals surface area contributed by atoms with Crippen LogP contribution in [0.25, 0.3) is 0 Å². The van der Waals surface area contributed by atoms with Crippen molar-refractivity contribution in [1.82, 2.24) is 16.0 Å². The van der Waals surface area contributed by atoms with Crippen molar-refractivity contribution in [2.75, 3.05) is 13.1 Å². The quantitative estimate of drug-likeness (QED) is 0.377. The van der Waals surface area contributed by atoms with Crippen LogP contribution in [0.1, 0.15) is 71.1 Å². The average molecular weight is 422 g/mol. The average Bonchev–Trinajstić information content (AvgIpc) is 2.65. The summed E-state index contributed by atoms with van der Waals surface area (Å²) in [5.74, 6) is 0.538. The molecule has 4 fully saturated rings. The summed E-state index contributed by atoms with van der Waals surface area (Å²) in [4.78, 5) is 47.7. The van der Waals surface area contributed by atoms with E-state index in [0.29, 0.717) is 43.6 Å². The lowest BCUT2D eigenvalue weighted by atomic mass is 9.49. The molecule has 3 amide bonds. The number of carboxylic acid groups (broad SMARTS) is 1. The number of nitrogens with one attached hydrogen (secondary N) is 3. The number of rotatable bonds is 11. The Bertz CT molecular complexity index is 642. The van der Waals surface area contributed by atoms with Crippen LogP contribution in [0, 0.1) is 23.2 Å². The van der Waals surface area contributed by atoms with Gasteiger partial charge in [-0.25, -0.2) is 0 Å². The molecule has 168 valence electrons. The van der Waals surface area contributed by atoms with E-state index >= 15 is 0 Å². The summed E-state index contributed by atoms with van der Waals surface area (Å²) in [7, 11) is 0. The van der Waals surface area contributed by atoms with E-state index in [1.54, 1.807) is 0 Å². The second kappa shape index (κ2) is 9.79. The topological polar surface area (TPSA) is 125 Å². The van der Waals surface area contributed by atoms with Gasteiger partial charge in [-0.2, -0.15) is 0 Å². The molecule has 4 rings (SSSR count). The van der Waals surface area contributed by atoms with Crippen molar-refractivity contribution in [3.05, 3.63) is 0 Å². The predicted octanol–water partition coefficient (Wildman–Crippen LogP) is 1.58. The summed E-state index contributed by atoms with van der Waals surface area (Å²) < 4.78 is 0. The van der Waals surface area contributed by atoms with E-state index in [9.17, 15) is 19.2 Å². The zero-order valence-corrected chi connectivity index (χ0v) is 17.9. The largest absolute Gasteiger partial charge is 0.481 e. The third kappa shape index (κ3) is 5.73. The molecule has 0 aromatic heterocycles. The Hall–Kier alpha value is -2.12. The summed E-state index contributed by atoms with van der Waals surface area (Å²) >= 11 is 0. The van der Waals surface area contributed by atoms with Gasteiger partial charge in [0, 0.05) is 25.4 Å². The highest BCUT2D eigenvalue weighted by Gasteiger charge is 2.54. The van der Waals surface area contributed by atoms with Gasteiger partial charge >= 0.3 is 5.97 Å². The number of hydrogen-bond acceptors (Lipinski definition) is 4. The number of unbranched alkanes of at least 4 members (excludes halogenated alkanes) is 1. The molecule has 0 heterocycles. The molecule has 8 nitrogen and oxygen atoms in total. The molecule has 30 heavy (non-hydrogen) atoms. The van der Waals surface area contributed by atoms with Crippen LogP contribution in [0.5, 0.6) is 0 Å². The van der Waals surface area contributed by atoms with Crippen LogP contribution in [0.3, 0.4) is 0 Å². The van der Waals surface area contributed by atoms with Crippen molar-refractivity contribution >= 4 is 23.7 Å². The zero-order valence-electron chi connectivity index (χ0n) is 17.9. The molecule has 1 atom stereocenters. The predicted molar refractivity (Wildman–Crippen MR) is 110 cm³/mol. The number of hydrogen-bond donors (Lipinski definition) is 4. The Morgan fingerprint density at radius 1 is 0.933 bits per heavy atom. The summed E-state index contributed by atoms with van der Waals surface area (Å²) in [6, 6.07) is -0.670. The zero-order chi connectivity index (χ0) is 21.7. The minimum atomic E-state index is -0.972. The number of amides is 3. The van der Waals surface area contributed by atoms with E-state index in [-0.39, 0.29) is 36.1 Å². The van der Waals surface area contributed by atoms with Crippen molar-refractivity contribution in [3.8, 4) is 0 Å². The van der Waals surface area contributed by atoms with E-state index in [2.05, 4.69) is 16.0 Å². The normalized spacial score (nSPS) is 29.8. The van der Waals surface area contributed by atoms with E-state index < -0.39 is 12.0 Å². The third-order valence-corrected chi connectivity index (χ3v) is 7.07. The molecule has 4 bridgehead atoms. The van der Waals surface area contributed by atoms with Crippen molar-refractivity contribution in [2.45, 2.75) is 77.2 Å². The maximum Gasteiger partial charge on any atom is 0.305 e. The van der Waals surface area contributed by atoms with Gasteiger partial charge in [0.1, 0.15) is 6.04 Å². The van der Waals surface area contributed by atoms with Crippen molar-refractivity contribution in [3.63, 3.8) is 0 Å². The molecule has 4 aliphatic carbocycles. The number of aliphatic carboxylic acids is 1. The summed E-state index contributed by atoms with van der Waals surface area (Å²) in [6.07, 6.45) is 8.24. The summed E-state index contributed by atoms with van der Waals surface area (Å²) in [5, 5.41) is 17.2. The van der Waals surface area contributed by atoms with Crippen LogP contribution in [0.15, 0.2) is 0 Å². The fourth-order valence-electron chi connectivity index (χ4n) is 6.12. The van der Waals surface area contributed by atoms with Crippen LogP contribution in [0.4, 0.5) is 0 Å². The first-order valence-corrected chi connectivity index (χ1v) is 11.3. The maximum absolute atomic E-state index is 13.3. The van der Waals surface area contributed by atoms with Crippen LogP contribution in [-0.4, -0.2) is 47.9 Å². The van der Waals surface area contributed by atoms with Gasteiger partial charge in [0.05, 0.1) is 6.42 Å². The van der Waals surface area contributed by atoms with Crippen molar-refractivity contribution in [2.24, 2.45) is 23.2 Å². The standard InChI is InChI=1S/C22H35N3O5/c1-14(26)23-6-3-2-4-18(20(29)24-7-5-19(27)28)25-21(30)22-11-15-8-16(12-22)10-17(9-15)13-22/h15-18H,2-13H2,1H3,(H,23,26)(H,24,29)(H,25,30)(H,27,28)/t15?,16?,17?,18-,22?/m0/s1. The highest BCUT2D eigenvalue weighted by Crippen LogP contribution is 2.60. The maximum atomic E-state index is 13.3. The fraction of sp³-hybridized carbons (Fsp3) is 0.818. The monoisotopic (exact) mass is 421 g/mol. The Balaban J connectivity index is 1.57. The molecule has 0 aromatic carbocycles. The second-order valence-electron chi connectivity index (χ2n) is 9.64. The molecule has 4 N–H and O–H groups in total. The molecule has 8 heteroatoms. The Kier molecular flexibility index (Phi) is 7.36. The van der Waals surface area contributed by atoms with Gasteiger partial charge in [-0.15, -0.1) is 0 Å². The van der Waals surface area contributed by atoms with Crippen LogP contribution >= 0.6 is 0 Å². The minimum absolute atomic E-state index is 0.00171. The van der Waals surface area contributed by atoms with Gasteiger partial charge in [-0.05, 0) is 75.5 Å². The Morgan fingerprint density at radius 2 is 1.53 bits per heavy atom. The van der Waals surface area contributed by atoms with Crippen molar-refractivity contribution in [1.29, 1.82) is 0 Å². The molecule has 4 saturated carbocycles. The minimum Gasteiger partial charge on any atom is -0.481 e. The van der Waals surface area contributed by atoms with Crippen LogP contribution in [-0.2, 0) is 19.2 Å². The first-order valence-electron chi connectivity index (χ1n) is 11.3. The Labute approximate surface area is 177 Å². The molecular formula is C22H35N3O5. The van der Waals surface area contributed by atoms with Crippen LogP contribution in [0.2, 0.25) is 0 Å². The lowest BCUT2D eigenvalue weighted by Gasteiger charge is -2.55. The molecule has 4 aliphatic rings. The highest BCUT2D eigenvalue weighted by atomic mass is 16.4. The SMILES string of the molecule is CC(=O)NCCCC[C@H](NC(=O)C12CC3CC(CC(C3)C1)C2)C(=O)NCCC(=O)O. The lowest BCUT2D eigenvalue weighted by molar-refractivity contribution is -0.148. The second-order valence-corrected chi connectivity index (χ2v) is 9.64. The molecule has 0 unspecified atom stereocenters. The first kappa shape index (κ1) is 22.6. The van der Waals surface area contributed by atoms with Gasteiger partial charge in [0.15, 0.2) is 0 Å². The molecule has 0 radical (unpaired) electrons. The van der Waals surface area contributed by atoms with E-state index in [4.69, 9.17) is 5.11 Å². The molecule has 0 spiro atoms. The highest BCUT2D eigenvalue weighted by molar-refractivity contribution is 5.90. The number of carboxylic acids is 1. The van der Waals surface area contributed by atoms with Crippen LogP contribution < -0.4 is 16.0 Å². The van der Waals surface area contributed by atoms with Gasteiger partial charge in [0.25, 0.3) is 0 Å². The van der Waals surface area contributed by atoms with Gasteiger partial charge in [0.2, 0.25) is 17.7 Å². The van der Waals surface area contributed by atoms with E-state index in [1.165, 1.54) is 26.2 Å². The van der Waals surface area contributed by atoms with Gasteiger partial charge < -0.3 is 21.1 Å². The molecule has 0 saturated heterocycles.